The highest BCUT2D eigenvalue weighted by atomic mass is 16.5. The van der Waals surface area contributed by atoms with Crippen LogP contribution in [0.5, 0.6) is 0 Å². The van der Waals surface area contributed by atoms with Crippen LogP contribution < -0.4 is 26.1 Å². The predicted octanol–water partition coefficient (Wildman–Crippen LogP) is -0.470. The van der Waals surface area contributed by atoms with Gasteiger partial charge in [-0.3, -0.25) is 10.6 Å². The quantitative estimate of drug-likeness (QED) is 0.241. The second-order valence-electron chi connectivity index (χ2n) is 12.9. The molecule has 0 aromatic carbocycles. The molecule has 0 aromatic rings. The lowest BCUT2D eigenvalue weighted by atomic mass is 9.71. The molecule has 0 unspecified atom stereocenters. The standard InChI is InChI=1S/C24H45N7O2/c1-19(2)13-23(17-25,14-20(3,4)30(19)32)28-11-9-27-10-12-29-24(18-26)15-21(5,6)31(33)22(7,8)16-24/h27-29,32-33H,9-16H2,1-8H3/p+2. The molecule has 2 rings (SSSR count). The van der Waals surface area contributed by atoms with Crippen molar-refractivity contribution in [1.82, 2.24) is 16.0 Å². The van der Waals surface area contributed by atoms with Crippen LogP contribution in [0.25, 0.3) is 0 Å². The normalized spacial score (nSPS) is 36.5. The van der Waals surface area contributed by atoms with Gasteiger partial charge in [0.1, 0.15) is 33.2 Å². The second kappa shape index (κ2) is 9.39. The van der Waals surface area contributed by atoms with Crippen molar-refractivity contribution in [3.8, 4) is 12.1 Å². The number of hydrogen-bond acceptors (Lipinski definition) is 7. The Morgan fingerprint density at radius 2 is 0.879 bits per heavy atom. The molecule has 0 spiro atoms. The Bertz CT molecular complexity index is 679. The van der Waals surface area contributed by atoms with E-state index < -0.39 is 33.2 Å². The fourth-order valence-electron chi connectivity index (χ4n) is 6.70. The van der Waals surface area contributed by atoms with E-state index in [9.17, 15) is 20.9 Å². The summed E-state index contributed by atoms with van der Waals surface area (Å²) < 4.78 is 0. The molecule has 0 radical (unpaired) electrons. The first-order chi connectivity index (χ1) is 15.0. The minimum absolute atomic E-state index is 0.416. The Balaban J connectivity index is 1.83. The highest BCUT2D eigenvalue weighted by Gasteiger charge is 2.57. The van der Waals surface area contributed by atoms with E-state index in [2.05, 4.69) is 28.1 Å². The third-order valence-corrected chi connectivity index (χ3v) is 7.50. The molecule has 0 aromatic heterocycles. The molecule has 0 saturated carbocycles. The largest absolute Gasteiger partial charge is 0.314 e. The number of quaternary nitrogens is 2. The molecular weight excluding hydrogens is 418 g/mol. The van der Waals surface area contributed by atoms with Crippen LogP contribution >= 0.6 is 0 Å². The Hall–Kier alpha value is -1.30. The SMILES string of the molecule is CC1(C)CC(C#N)(NCCNCCNC2(C#N)CC(C)(C)[NH+](O)C(C)(C)C2)CC(C)(C)[NH+]1O. The van der Waals surface area contributed by atoms with Crippen molar-refractivity contribution in [2.45, 2.75) is 114 Å². The number of hydroxylamine groups is 4. The maximum atomic E-state index is 10.6. The molecule has 0 aliphatic carbocycles. The fraction of sp³-hybridized carbons (Fsp3) is 0.917. The summed E-state index contributed by atoms with van der Waals surface area (Å²) in [7, 11) is 0. The first kappa shape index (κ1) is 27.9. The summed E-state index contributed by atoms with van der Waals surface area (Å²) >= 11 is 0. The molecule has 0 bridgehead atoms. The maximum Gasteiger partial charge on any atom is 0.125 e. The van der Waals surface area contributed by atoms with E-state index in [1.807, 2.05) is 55.4 Å². The van der Waals surface area contributed by atoms with Crippen LogP contribution in [0.1, 0.15) is 81.1 Å². The van der Waals surface area contributed by atoms with E-state index in [0.717, 1.165) is 0 Å². The monoisotopic (exact) mass is 465 g/mol. The van der Waals surface area contributed by atoms with Gasteiger partial charge in [0.2, 0.25) is 0 Å². The van der Waals surface area contributed by atoms with Gasteiger partial charge >= 0.3 is 0 Å². The molecule has 188 valence electrons. The average molecular weight is 466 g/mol. The Morgan fingerprint density at radius 3 is 1.12 bits per heavy atom. The van der Waals surface area contributed by atoms with Crippen molar-refractivity contribution < 1.29 is 20.5 Å². The molecule has 33 heavy (non-hydrogen) atoms. The Morgan fingerprint density at radius 1 is 0.606 bits per heavy atom. The number of nitrogens with zero attached hydrogens (tertiary/aromatic N) is 2. The predicted molar refractivity (Wildman–Crippen MR) is 126 cm³/mol. The highest BCUT2D eigenvalue weighted by Crippen LogP contribution is 2.32. The van der Waals surface area contributed by atoms with E-state index >= 15 is 0 Å². The topological polar surface area (TPSA) is 133 Å². The molecule has 0 atom stereocenters. The van der Waals surface area contributed by atoms with Gasteiger partial charge in [-0.2, -0.15) is 20.7 Å². The van der Waals surface area contributed by atoms with Crippen LogP contribution in [0.4, 0.5) is 0 Å². The summed E-state index contributed by atoms with van der Waals surface area (Å²) in [6, 6.07) is 4.98. The van der Waals surface area contributed by atoms with Gasteiger partial charge in [-0.25, -0.2) is 10.4 Å². The number of rotatable bonds is 8. The van der Waals surface area contributed by atoms with Crippen molar-refractivity contribution in [2.75, 3.05) is 26.2 Å². The van der Waals surface area contributed by atoms with Crippen molar-refractivity contribution in [2.24, 2.45) is 0 Å². The van der Waals surface area contributed by atoms with Gasteiger partial charge in [0.15, 0.2) is 0 Å². The number of nitrogens with one attached hydrogen (secondary N) is 5. The van der Waals surface area contributed by atoms with Crippen molar-refractivity contribution in [3.05, 3.63) is 0 Å². The van der Waals surface area contributed by atoms with Gasteiger partial charge < -0.3 is 5.32 Å². The van der Waals surface area contributed by atoms with Crippen LogP contribution in [0.2, 0.25) is 0 Å². The Labute approximate surface area is 200 Å². The van der Waals surface area contributed by atoms with E-state index in [-0.39, 0.29) is 0 Å². The zero-order chi connectivity index (χ0) is 25.3. The van der Waals surface area contributed by atoms with Gasteiger partial charge in [0, 0.05) is 51.9 Å². The van der Waals surface area contributed by atoms with Crippen LogP contribution in [0.3, 0.4) is 0 Å². The maximum absolute atomic E-state index is 10.6. The third-order valence-electron chi connectivity index (χ3n) is 7.50. The smallest absolute Gasteiger partial charge is 0.125 e. The first-order valence-corrected chi connectivity index (χ1v) is 12.1. The molecular formula is C24H47N7O2+2. The second-order valence-corrected chi connectivity index (χ2v) is 12.9. The minimum atomic E-state index is -0.665. The molecule has 2 saturated heterocycles. The molecule has 7 N–H and O–H groups in total. The number of piperidine rings is 2. The van der Waals surface area contributed by atoms with Gasteiger partial charge in [-0.1, -0.05) is 0 Å². The van der Waals surface area contributed by atoms with Crippen LogP contribution in [-0.2, 0) is 0 Å². The van der Waals surface area contributed by atoms with E-state index in [0.29, 0.717) is 62.0 Å². The summed E-state index contributed by atoms with van der Waals surface area (Å²) in [6.45, 7) is 18.7. The summed E-state index contributed by atoms with van der Waals surface area (Å²) in [4.78, 5) is 0. The molecule has 2 aliphatic heterocycles. The minimum Gasteiger partial charge on any atom is -0.314 e. The van der Waals surface area contributed by atoms with Crippen molar-refractivity contribution in [3.63, 3.8) is 0 Å². The summed E-state index contributed by atoms with van der Waals surface area (Å²) in [6.07, 6.45) is 2.31. The summed E-state index contributed by atoms with van der Waals surface area (Å²) in [5, 5.41) is 52.4. The molecule has 2 heterocycles. The highest BCUT2D eigenvalue weighted by molar-refractivity contribution is 5.15. The van der Waals surface area contributed by atoms with Gasteiger partial charge in [0.05, 0.1) is 12.1 Å². The van der Waals surface area contributed by atoms with Crippen LogP contribution in [0, 0.1) is 22.7 Å². The molecule has 2 aliphatic rings. The molecule has 0 amide bonds. The molecule has 2 fully saturated rings. The lowest BCUT2D eigenvalue weighted by Gasteiger charge is -2.50. The molecule has 9 nitrogen and oxygen atoms in total. The van der Waals surface area contributed by atoms with Gasteiger partial charge in [-0.05, 0) is 55.4 Å². The third kappa shape index (κ3) is 6.04. The zero-order valence-corrected chi connectivity index (χ0v) is 21.9. The van der Waals surface area contributed by atoms with E-state index in [1.165, 1.54) is 0 Å². The lowest BCUT2D eigenvalue weighted by Crippen LogP contribution is -3.25. The fourth-order valence-corrected chi connectivity index (χ4v) is 6.70. The summed E-state index contributed by atoms with van der Waals surface area (Å²) in [5.41, 5.74) is -2.99. The van der Waals surface area contributed by atoms with Crippen molar-refractivity contribution >= 4 is 0 Å². The van der Waals surface area contributed by atoms with Gasteiger partial charge in [-0.15, -0.1) is 0 Å². The number of hydrogen-bond donors (Lipinski definition) is 7. The number of nitriles is 2. The first-order valence-electron chi connectivity index (χ1n) is 12.1. The lowest BCUT2D eigenvalue weighted by molar-refractivity contribution is -1.16. The zero-order valence-electron chi connectivity index (χ0n) is 21.9. The van der Waals surface area contributed by atoms with E-state index in [4.69, 9.17) is 0 Å². The molecule has 9 heteroatoms. The van der Waals surface area contributed by atoms with Crippen LogP contribution in [-0.4, -0.2) is 69.8 Å². The van der Waals surface area contributed by atoms with Crippen molar-refractivity contribution in [1.29, 1.82) is 10.5 Å². The van der Waals surface area contributed by atoms with Crippen LogP contribution in [0.15, 0.2) is 0 Å². The van der Waals surface area contributed by atoms with E-state index in [1.54, 1.807) is 0 Å². The van der Waals surface area contributed by atoms with Gasteiger partial charge in [0.25, 0.3) is 0 Å². The summed E-state index contributed by atoms with van der Waals surface area (Å²) in [5.74, 6) is 0. The Kier molecular flexibility index (Phi) is 7.95. The average Bonchev–Trinajstić information content (AvgIpc) is 2.68.